The molecule has 0 spiro atoms. The maximum atomic E-state index is 3.34. The first-order chi connectivity index (χ1) is 3.79. The second-order valence-electron chi connectivity index (χ2n) is 1.44. The average Bonchev–Trinajstić information content (AvgIpc) is 1.77. The lowest BCUT2D eigenvalue weighted by atomic mass is 10.4. The van der Waals surface area contributed by atoms with Crippen LogP contribution in [0.5, 0.6) is 0 Å². The van der Waals surface area contributed by atoms with Crippen molar-refractivity contribution in [3.8, 4) is 0 Å². The Labute approximate surface area is 70.6 Å². The molecule has 8 heavy (non-hydrogen) atoms. The molecule has 1 aromatic carbocycles. The Kier molecular flexibility index (Phi) is 2.31. The zero-order valence-electron chi connectivity index (χ0n) is 4.07. The highest BCUT2D eigenvalue weighted by Crippen LogP contribution is 2.11. The Balaban J connectivity index is 3.03. The van der Waals surface area contributed by atoms with Crippen molar-refractivity contribution in [3.63, 3.8) is 0 Å². The molecule has 2 heteroatoms. The molecule has 0 heterocycles. The molecule has 0 nitrogen and oxygen atoms in total. The minimum Gasteiger partial charge on any atom is -0.0508 e. The van der Waals surface area contributed by atoms with E-state index >= 15 is 0 Å². The highest BCUT2D eigenvalue weighted by Gasteiger charge is 1.82. The summed E-state index contributed by atoms with van der Waals surface area (Å²) in [5.41, 5.74) is 0. The van der Waals surface area contributed by atoms with Gasteiger partial charge in [0.05, 0.1) is 0 Å². The van der Waals surface area contributed by atoms with Gasteiger partial charge in [-0.3, -0.25) is 0 Å². The fourth-order valence-electron chi connectivity index (χ4n) is 0.430. The molecule has 0 atom stereocenters. The van der Waals surface area contributed by atoms with Gasteiger partial charge in [0.25, 0.3) is 0 Å². The molecule has 0 aliphatic rings. The summed E-state index contributed by atoms with van der Waals surface area (Å²) < 4.78 is 2.41. The maximum Gasteiger partial charge on any atom is 0.0175 e. The molecule has 0 aromatic heterocycles. The summed E-state index contributed by atoms with van der Waals surface area (Å²) in [7, 11) is 0. The van der Waals surface area contributed by atoms with Crippen molar-refractivity contribution in [2.45, 2.75) is 0 Å². The van der Waals surface area contributed by atoms with Crippen LogP contribution in [0.15, 0.2) is 28.7 Å². The molecule has 0 amide bonds. The smallest absolute Gasteiger partial charge is 0.0175 e. The van der Waals surface area contributed by atoms with Crippen LogP contribution in [-0.2, 0) is 0 Å². The van der Waals surface area contributed by atoms with Crippen LogP contribution in [-0.4, -0.2) is 0 Å². The van der Waals surface area contributed by atoms with E-state index in [-0.39, 0.29) is 0 Å². The van der Waals surface area contributed by atoms with Crippen molar-refractivity contribution in [2.75, 3.05) is 0 Å². The Morgan fingerprint density at radius 3 is 2.00 bits per heavy atom. The standard InChI is InChI=1S/C6H4BrI/c7-5-1-3-6(8)4-2-5/h1-4H/i8+4. The summed E-state index contributed by atoms with van der Waals surface area (Å²) in [6.45, 7) is 0. The average molecular weight is 287 g/mol. The quantitative estimate of drug-likeness (QED) is 0.643. The van der Waals surface area contributed by atoms with E-state index in [4.69, 9.17) is 0 Å². The first-order valence-corrected chi connectivity index (χ1v) is 4.07. The molecule has 42 valence electrons. The molecule has 0 aliphatic heterocycles. The third-order valence-electron chi connectivity index (χ3n) is 0.804. The van der Waals surface area contributed by atoms with Gasteiger partial charge in [0.1, 0.15) is 0 Å². The SMILES string of the molecule is Brc1ccc([131I])cc1. The number of hydrogen-bond donors (Lipinski definition) is 0. The lowest BCUT2D eigenvalue weighted by molar-refractivity contribution is 1.60. The van der Waals surface area contributed by atoms with E-state index in [9.17, 15) is 0 Å². The first kappa shape index (κ1) is 6.55. The summed E-state index contributed by atoms with van der Waals surface area (Å²) >= 11 is 5.62. The van der Waals surface area contributed by atoms with Crippen LogP contribution in [0.4, 0.5) is 0 Å². The fourth-order valence-corrected chi connectivity index (χ4v) is 1.05. The first-order valence-electron chi connectivity index (χ1n) is 2.20. The molecule has 0 fully saturated rings. The molecule has 0 N–H and O–H groups in total. The fraction of sp³-hybridized carbons (Fsp3) is 0. The van der Waals surface area contributed by atoms with Gasteiger partial charge in [-0.2, -0.15) is 0 Å². The van der Waals surface area contributed by atoms with Crippen molar-refractivity contribution < 1.29 is 0 Å². The predicted molar refractivity (Wildman–Crippen MR) is 46.9 cm³/mol. The third kappa shape index (κ3) is 1.74. The van der Waals surface area contributed by atoms with Gasteiger partial charge in [0.2, 0.25) is 0 Å². The van der Waals surface area contributed by atoms with Crippen molar-refractivity contribution in [2.24, 2.45) is 0 Å². The zero-order chi connectivity index (χ0) is 5.98. The Bertz CT molecular complexity index is 147. The third-order valence-corrected chi connectivity index (χ3v) is 2.05. The molecule has 1 rings (SSSR count). The highest BCUT2D eigenvalue weighted by molar-refractivity contribution is 14.1. The topological polar surface area (TPSA) is 0 Å². The zero-order valence-corrected chi connectivity index (χ0v) is 7.81. The minimum absolute atomic E-state index is 1.14. The monoisotopic (exact) mass is 286 g/mol. The second kappa shape index (κ2) is 2.82. The lowest BCUT2D eigenvalue weighted by Crippen LogP contribution is -1.65. The van der Waals surface area contributed by atoms with Crippen LogP contribution in [0.3, 0.4) is 0 Å². The van der Waals surface area contributed by atoms with Crippen molar-refractivity contribution in [3.05, 3.63) is 32.3 Å². The van der Waals surface area contributed by atoms with Crippen LogP contribution in [0.25, 0.3) is 0 Å². The van der Waals surface area contributed by atoms with Gasteiger partial charge in [-0.25, -0.2) is 0 Å². The second-order valence-corrected chi connectivity index (χ2v) is 3.60. The summed E-state index contributed by atoms with van der Waals surface area (Å²) in [5, 5.41) is 0. The van der Waals surface area contributed by atoms with E-state index < -0.39 is 0 Å². The van der Waals surface area contributed by atoms with Gasteiger partial charge in [0.15, 0.2) is 0 Å². The molecule has 0 radical (unpaired) electrons. The van der Waals surface area contributed by atoms with E-state index in [0.717, 1.165) is 4.47 Å². The van der Waals surface area contributed by atoms with Gasteiger partial charge >= 0.3 is 0 Å². The molecule has 0 aliphatic carbocycles. The highest BCUT2D eigenvalue weighted by atomic mass is 131. The molecule has 0 unspecified atom stereocenters. The predicted octanol–water partition coefficient (Wildman–Crippen LogP) is 3.05. The van der Waals surface area contributed by atoms with E-state index in [1.54, 1.807) is 0 Å². The maximum absolute atomic E-state index is 3.34. The van der Waals surface area contributed by atoms with Crippen molar-refractivity contribution in [1.29, 1.82) is 0 Å². The van der Waals surface area contributed by atoms with E-state index in [2.05, 4.69) is 50.7 Å². The van der Waals surface area contributed by atoms with Crippen LogP contribution < -0.4 is 0 Å². The summed E-state index contributed by atoms with van der Waals surface area (Å²) in [6, 6.07) is 8.18. The largest absolute Gasteiger partial charge is 0.0508 e. The van der Waals surface area contributed by atoms with E-state index in [1.165, 1.54) is 3.57 Å². The van der Waals surface area contributed by atoms with Crippen LogP contribution >= 0.6 is 38.5 Å². The Morgan fingerprint density at radius 1 is 1.12 bits per heavy atom. The Hall–Kier alpha value is 0.430. The van der Waals surface area contributed by atoms with Crippen LogP contribution in [0.2, 0.25) is 0 Å². The van der Waals surface area contributed by atoms with Gasteiger partial charge in [-0.1, -0.05) is 15.9 Å². The van der Waals surface area contributed by atoms with Crippen molar-refractivity contribution >= 4 is 38.5 Å². The van der Waals surface area contributed by atoms with Crippen molar-refractivity contribution in [1.82, 2.24) is 0 Å². The van der Waals surface area contributed by atoms with E-state index in [0.29, 0.717) is 0 Å². The van der Waals surface area contributed by atoms with Gasteiger partial charge in [0, 0.05) is 8.04 Å². The summed E-state index contributed by atoms with van der Waals surface area (Å²) in [5.74, 6) is 0. The van der Waals surface area contributed by atoms with Crippen LogP contribution in [0, 0.1) is 3.57 Å². The minimum atomic E-state index is 1.14. The number of rotatable bonds is 0. The molecule has 0 saturated heterocycles. The molecular formula is C6H4BrI. The van der Waals surface area contributed by atoms with Gasteiger partial charge in [-0.15, -0.1) is 0 Å². The summed E-state index contributed by atoms with van der Waals surface area (Å²) in [4.78, 5) is 0. The molecule has 1 aromatic rings. The molecule has 0 bridgehead atoms. The van der Waals surface area contributed by atoms with Gasteiger partial charge in [-0.05, 0) is 46.9 Å². The normalized spacial score (nSPS) is 9.25. The molecule has 0 saturated carbocycles. The number of benzene rings is 1. The number of hydrogen-bond acceptors (Lipinski definition) is 0. The Morgan fingerprint density at radius 2 is 1.62 bits per heavy atom. The van der Waals surface area contributed by atoms with Crippen LogP contribution in [0.1, 0.15) is 0 Å². The van der Waals surface area contributed by atoms with E-state index in [1.807, 2.05) is 12.1 Å². The molecular weight excluding hydrogens is 283 g/mol. The lowest BCUT2D eigenvalue weighted by Gasteiger charge is -1.86. The van der Waals surface area contributed by atoms with Gasteiger partial charge < -0.3 is 0 Å². The summed E-state index contributed by atoms with van der Waals surface area (Å²) in [6.07, 6.45) is 0. The number of halogens is 2.